The second kappa shape index (κ2) is 6.32. The van der Waals surface area contributed by atoms with E-state index in [-0.39, 0.29) is 0 Å². The van der Waals surface area contributed by atoms with Crippen molar-refractivity contribution in [2.75, 3.05) is 0 Å². The summed E-state index contributed by atoms with van der Waals surface area (Å²) in [6.07, 6.45) is 1.42. The maximum atomic E-state index is 2.25. The molecule has 0 rings (SSSR count). The van der Waals surface area contributed by atoms with Gasteiger partial charge in [-0.1, -0.05) is 6.82 Å². The molecule has 34 valence electrons. The van der Waals surface area contributed by atoms with Crippen LogP contribution >= 0.6 is 0 Å². The minimum atomic E-state index is 1.36. The standard InChI is InChI=1S/C2H11B5/c1-4-7-6-2-5-3/h4-7H,2-3H2,1H3. The summed E-state index contributed by atoms with van der Waals surface area (Å²) in [5, 5.41) is 0. The molecule has 0 amide bonds. The van der Waals surface area contributed by atoms with Crippen LogP contribution < -0.4 is 0 Å². The smallest absolute Gasteiger partial charge is 0.0745 e. The highest BCUT2D eigenvalue weighted by Gasteiger charge is 1.88. The fourth-order valence-electron chi connectivity index (χ4n) is 0.677. The summed E-state index contributed by atoms with van der Waals surface area (Å²) < 4.78 is 0. The number of rotatable bonds is 4. The van der Waals surface area contributed by atoms with E-state index in [9.17, 15) is 0 Å². The van der Waals surface area contributed by atoms with E-state index in [1.807, 2.05) is 0 Å². The Bertz CT molecular complexity index is 25.3. The Morgan fingerprint density at radius 3 is 2.71 bits per heavy atom. The summed E-state index contributed by atoms with van der Waals surface area (Å²) in [4.78, 5) is 0. The zero-order valence-corrected chi connectivity index (χ0v) is 5.54. The van der Waals surface area contributed by atoms with Crippen LogP contribution in [0.15, 0.2) is 0 Å². The zero-order chi connectivity index (χ0) is 5.54. The average Bonchev–Trinajstić information content (AvgIpc) is 1.69. The lowest BCUT2D eigenvalue weighted by Crippen LogP contribution is -2.11. The van der Waals surface area contributed by atoms with Crippen LogP contribution in [0.1, 0.15) is 0 Å². The van der Waals surface area contributed by atoms with Crippen LogP contribution in [0.3, 0.4) is 0 Å². The second-order valence-corrected chi connectivity index (χ2v) is 2.06. The molecule has 0 unspecified atom stereocenters. The molecule has 0 spiro atoms. The van der Waals surface area contributed by atoms with Crippen molar-refractivity contribution in [3.8, 4) is 0 Å². The first-order valence-electron chi connectivity index (χ1n) is 3.41. The van der Waals surface area contributed by atoms with E-state index < -0.39 is 0 Å². The van der Waals surface area contributed by atoms with Crippen molar-refractivity contribution in [2.45, 2.75) is 13.0 Å². The monoisotopic (exact) mass is 90.1 g/mol. The third-order valence-corrected chi connectivity index (χ3v) is 1.21. The molecule has 0 aliphatic rings. The van der Waals surface area contributed by atoms with Gasteiger partial charge in [0, 0.05) is 0 Å². The molecule has 0 aliphatic carbocycles. The predicted octanol–water partition coefficient (Wildman–Crippen LogP) is -2.47. The van der Waals surface area contributed by atoms with E-state index in [1.165, 1.54) is 34.8 Å². The molecule has 0 atom stereocenters. The van der Waals surface area contributed by atoms with Crippen LogP contribution in [0.25, 0.3) is 0 Å². The molecule has 0 heterocycles. The lowest BCUT2D eigenvalue weighted by molar-refractivity contribution is 2.10. The molecule has 0 N–H and O–H groups in total. The topological polar surface area (TPSA) is 0 Å². The van der Waals surface area contributed by atoms with Gasteiger partial charge < -0.3 is 0 Å². The molecule has 0 bridgehead atoms. The lowest BCUT2D eigenvalue weighted by Gasteiger charge is -1.83. The van der Waals surface area contributed by atoms with Crippen LogP contribution in [-0.2, 0) is 0 Å². The van der Waals surface area contributed by atoms with Gasteiger partial charge in [0.2, 0.25) is 0 Å². The summed E-state index contributed by atoms with van der Waals surface area (Å²) in [7, 11) is 7.83. The Morgan fingerprint density at radius 1 is 1.57 bits per heavy atom. The molecule has 0 saturated heterocycles. The second-order valence-electron chi connectivity index (χ2n) is 2.06. The molecular weight excluding hydrogens is 78.1 g/mol. The third kappa shape index (κ3) is 6.32. The van der Waals surface area contributed by atoms with Crippen LogP contribution in [0.5, 0.6) is 0 Å². The Labute approximate surface area is 50.2 Å². The summed E-state index contributed by atoms with van der Waals surface area (Å²) in [6.45, 7) is 2.25. The van der Waals surface area contributed by atoms with E-state index >= 15 is 0 Å². The molecule has 0 aliphatic heterocycles. The largest absolute Gasteiger partial charge is 0.115 e. The van der Waals surface area contributed by atoms with E-state index in [1.54, 1.807) is 0 Å². The first kappa shape index (κ1) is 7.32. The molecule has 0 fully saturated rings. The minimum absolute atomic E-state index is 1.36. The van der Waals surface area contributed by atoms with Crippen LogP contribution in [0, 0.1) is 0 Å². The summed E-state index contributed by atoms with van der Waals surface area (Å²) in [6, 6.07) is 0. The maximum Gasteiger partial charge on any atom is 0.0745 e. The molecule has 0 nitrogen and oxygen atoms in total. The Balaban J connectivity index is 2.45. The zero-order valence-electron chi connectivity index (χ0n) is 5.54. The highest BCUT2D eigenvalue weighted by molar-refractivity contribution is 7.30. The average molecular weight is 89.2 g/mol. The van der Waals surface area contributed by atoms with Gasteiger partial charge in [-0.05, 0) is 0 Å². The van der Waals surface area contributed by atoms with E-state index in [4.69, 9.17) is 0 Å². The fourth-order valence-corrected chi connectivity index (χ4v) is 0.677. The van der Waals surface area contributed by atoms with Crippen molar-refractivity contribution in [3.05, 3.63) is 0 Å². The highest BCUT2D eigenvalue weighted by Crippen LogP contribution is 1.66. The van der Waals surface area contributed by atoms with Crippen molar-refractivity contribution in [3.63, 3.8) is 0 Å². The highest BCUT2D eigenvalue weighted by atomic mass is 13.1. The van der Waals surface area contributed by atoms with Gasteiger partial charge in [-0.3, -0.25) is 0 Å². The Kier molecular flexibility index (Phi) is 6.62. The predicted molar refractivity (Wildman–Crippen MR) is 47.8 cm³/mol. The summed E-state index contributed by atoms with van der Waals surface area (Å²) >= 11 is 0. The van der Waals surface area contributed by atoms with E-state index in [0.717, 1.165) is 0 Å². The molecule has 7 heavy (non-hydrogen) atoms. The van der Waals surface area contributed by atoms with Gasteiger partial charge in [0.1, 0.15) is 0 Å². The number of hydrogen-bond acceptors (Lipinski definition) is 0. The van der Waals surface area contributed by atoms with Gasteiger partial charge in [0.15, 0.2) is 0 Å². The number of hydrogen-bond donors (Lipinski definition) is 0. The van der Waals surface area contributed by atoms with E-state index in [2.05, 4.69) is 14.6 Å². The van der Waals surface area contributed by atoms with Crippen molar-refractivity contribution in [1.82, 2.24) is 0 Å². The molecule has 5 heteroatoms. The quantitative estimate of drug-likeness (QED) is 0.264. The first-order valence-corrected chi connectivity index (χ1v) is 3.41. The van der Waals surface area contributed by atoms with Crippen molar-refractivity contribution in [2.24, 2.45) is 0 Å². The SMILES string of the molecule is BBCBBBC. The van der Waals surface area contributed by atoms with Crippen LogP contribution in [-0.4, -0.2) is 36.3 Å². The maximum absolute atomic E-state index is 2.25. The van der Waals surface area contributed by atoms with Crippen molar-refractivity contribution >= 4 is 36.3 Å². The fraction of sp³-hybridized carbons (Fsp3) is 1.00. The van der Waals surface area contributed by atoms with Gasteiger partial charge in [-0.2, -0.15) is 0 Å². The van der Waals surface area contributed by atoms with Gasteiger partial charge in [-0.25, -0.2) is 0 Å². The normalized spacial score (nSPS) is 7.00. The molecule has 0 aromatic carbocycles. The summed E-state index contributed by atoms with van der Waals surface area (Å²) in [5.74, 6) is 0. The first-order chi connectivity index (χ1) is 3.41. The third-order valence-electron chi connectivity index (χ3n) is 1.21. The minimum Gasteiger partial charge on any atom is -0.115 e. The van der Waals surface area contributed by atoms with Crippen molar-refractivity contribution in [1.29, 1.82) is 0 Å². The summed E-state index contributed by atoms with van der Waals surface area (Å²) in [5.41, 5.74) is 0. The Morgan fingerprint density at radius 2 is 2.29 bits per heavy atom. The van der Waals surface area contributed by atoms with Crippen molar-refractivity contribution < 1.29 is 0 Å². The molecule has 0 aromatic rings. The van der Waals surface area contributed by atoms with Gasteiger partial charge in [0.25, 0.3) is 0 Å². The molecule has 0 radical (unpaired) electrons. The van der Waals surface area contributed by atoms with Crippen LogP contribution in [0.2, 0.25) is 13.0 Å². The Hall–Kier alpha value is 0.325. The molecular formula is C2H11B5. The van der Waals surface area contributed by atoms with Crippen LogP contribution in [0.4, 0.5) is 0 Å². The van der Waals surface area contributed by atoms with Gasteiger partial charge in [0.05, 0.1) is 36.3 Å². The van der Waals surface area contributed by atoms with Gasteiger partial charge >= 0.3 is 0 Å². The van der Waals surface area contributed by atoms with E-state index in [0.29, 0.717) is 0 Å². The van der Waals surface area contributed by atoms with Gasteiger partial charge in [-0.15, -0.1) is 6.22 Å². The molecule has 0 saturated carbocycles. The lowest BCUT2D eigenvalue weighted by atomic mass is 9.16. The molecule has 0 aromatic heterocycles.